The molecule has 0 bridgehead atoms. The highest BCUT2D eigenvalue weighted by molar-refractivity contribution is 7.99. The lowest BCUT2D eigenvalue weighted by Gasteiger charge is -2.12. The third-order valence-electron chi connectivity index (χ3n) is 5.24. The number of hydrogen-bond donors (Lipinski definition) is 1. The third kappa shape index (κ3) is 6.53. The Hall–Kier alpha value is -2.93. The van der Waals surface area contributed by atoms with E-state index >= 15 is 0 Å². The van der Waals surface area contributed by atoms with Crippen LogP contribution in [0.2, 0.25) is 0 Å². The van der Waals surface area contributed by atoms with Gasteiger partial charge < -0.3 is 5.32 Å². The van der Waals surface area contributed by atoms with Gasteiger partial charge in [0, 0.05) is 43.4 Å². The fourth-order valence-corrected chi connectivity index (χ4v) is 4.34. The van der Waals surface area contributed by atoms with E-state index in [0.29, 0.717) is 34.9 Å². The Balaban J connectivity index is 1.47. The first-order chi connectivity index (χ1) is 15.5. The lowest BCUT2D eigenvalue weighted by Crippen LogP contribution is -2.26. The molecule has 1 amide bonds. The van der Waals surface area contributed by atoms with Crippen molar-refractivity contribution in [3.8, 4) is 0 Å². The molecule has 0 aliphatic carbocycles. The molecule has 0 atom stereocenters. The Bertz CT molecular complexity index is 1120. The maximum atomic E-state index is 14.0. The number of hydrogen-bond acceptors (Lipinski definition) is 4. The predicted octanol–water partition coefficient (Wildman–Crippen LogP) is 4.40. The number of carbonyl (C=O) groups excluding carboxylic acids is 1. The Morgan fingerprint density at radius 3 is 2.56 bits per heavy atom. The zero-order chi connectivity index (χ0) is 22.9. The minimum atomic E-state index is -0.319. The van der Waals surface area contributed by atoms with Crippen molar-refractivity contribution >= 4 is 17.7 Å². The number of rotatable bonds is 10. The third-order valence-corrected chi connectivity index (χ3v) is 6.35. The fourth-order valence-electron chi connectivity index (χ4n) is 3.33. The second kappa shape index (κ2) is 11.6. The lowest BCUT2D eigenvalue weighted by atomic mass is 10.0. The van der Waals surface area contributed by atoms with Gasteiger partial charge in [-0.2, -0.15) is 0 Å². The Morgan fingerprint density at radius 1 is 1.09 bits per heavy atom. The van der Waals surface area contributed by atoms with Crippen molar-refractivity contribution in [3.63, 3.8) is 0 Å². The van der Waals surface area contributed by atoms with Gasteiger partial charge in [-0.15, -0.1) is 0 Å². The van der Waals surface area contributed by atoms with Crippen LogP contribution in [0.4, 0.5) is 4.39 Å². The van der Waals surface area contributed by atoms with Crippen LogP contribution < -0.4 is 10.9 Å². The fraction of sp³-hybridized carbons (Fsp3) is 0.320. The molecule has 1 heterocycles. The van der Waals surface area contributed by atoms with Crippen molar-refractivity contribution in [2.75, 3.05) is 5.75 Å². The molecule has 0 saturated heterocycles. The zero-order valence-corrected chi connectivity index (χ0v) is 19.3. The highest BCUT2D eigenvalue weighted by atomic mass is 32.2. The maximum Gasteiger partial charge on any atom is 0.257 e. The minimum absolute atomic E-state index is 0.0396. The van der Waals surface area contributed by atoms with Crippen LogP contribution in [0.25, 0.3) is 0 Å². The minimum Gasteiger partial charge on any atom is -0.352 e. The van der Waals surface area contributed by atoms with E-state index in [0.717, 1.165) is 24.2 Å². The number of aromatic nitrogens is 2. The average Bonchev–Trinajstić information content (AvgIpc) is 2.80. The second-order valence-electron chi connectivity index (χ2n) is 7.66. The van der Waals surface area contributed by atoms with Gasteiger partial charge in [0.1, 0.15) is 5.82 Å². The van der Waals surface area contributed by atoms with Crippen LogP contribution in [0, 0.1) is 12.7 Å². The Labute approximate surface area is 192 Å². The molecular weight excluding hydrogens is 425 g/mol. The molecule has 3 rings (SSSR count). The van der Waals surface area contributed by atoms with E-state index in [1.165, 1.54) is 22.4 Å². The standard InChI is InChI=1S/C25H28FN3O2S/c1-18-21(16-20-12-6-7-13-22(20)26)24(31)29(2)25(28-18)32-15-9-8-14-23(30)27-17-19-10-4-3-5-11-19/h3-7,10-13H,8-9,14-17H2,1-2H3,(H,27,30). The van der Waals surface area contributed by atoms with Gasteiger partial charge in [0.25, 0.3) is 5.56 Å². The van der Waals surface area contributed by atoms with E-state index < -0.39 is 0 Å². The van der Waals surface area contributed by atoms with Crippen LogP contribution >= 0.6 is 11.8 Å². The number of aryl methyl sites for hydroxylation is 1. The number of amides is 1. The van der Waals surface area contributed by atoms with E-state index in [1.807, 2.05) is 30.3 Å². The van der Waals surface area contributed by atoms with Gasteiger partial charge in [0.2, 0.25) is 5.91 Å². The number of thioether (sulfide) groups is 1. The number of unbranched alkanes of at least 4 members (excludes halogenated alkanes) is 1. The monoisotopic (exact) mass is 453 g/mol. The van der Waals surface area contributed by atoms with Crippen molar-refractivity contribution in [2.45, 2.75) is 44.3 Å². The highest BCUT2D eigenvalue weighted by Gasteiger charge is 2.14. The Kier molecular flexibility index (Phi) is 8.62. The summed E-state index contributed by atoms with van der Waals surface area (Å²) < 4.78 is 15.5. The van der Waals surface area contributed by atoms with Crippen molar-refractivity contribution < 1.29 is 9.18 Å². The summed E-state index contributed by atoms with van der Waals surface area (Å²) in [5.41, 5.74) is 2.55. The predicted molar refractivity (Wildman–Crippen MR) is 126 cm³/mol. The molecule has 2 aromatic carbocycles. The van der Waals surface area contributed by atoms with E-state index in [9.17, 15) is 14.0 Å². The summed E-state index contributed by atoms with van der Waals surface area (Å²) in [5, 5.41) is 3.57. The van der Waals surface area contributed by atoms with Crippen molar-refractivity contribution in [2.24, 2.45) is 7.05 Å². The van der Waals surface area contributed by atoms with Crippen LogP contribution in [0.15, 0.2) is 64.5 Å². The molecule has 168 valence electrons. The molecule has 1 aromatic heterocycles. The topological polar surface area (TPSA) is 64.0 Å². The van der Waals surface area contributed by atoms with Gasteiger partial charge in [-0.25, -0.2) is 9.37 Å². The van der Waals surface area contributed by atoms with E-state index in [4.69, 9.17) is 0 Å². The Morgan fingerprint density at radius 2 is 1.81 bits per heavy atom. The van der Waals surface area contributed by atoms with Gasteiger partial charge in [-0.1, -0.05) is 60.3 Å². The molecule has 5 nitrogen and oxygen atoms in total. The molecule has 7 heteroatoms. The van der Waals surface area contributed by atoms with Gasteiger partial charge >= 0.3 is 0 Å². The van der Waals surface area contributed by atoms with Crippen LogP contribution in [-0.2, 0) is 24.8 Å². The molecule has 0 spiro atoms. The van der Waals surface area contributed by atoms with E-state index in [2.05, 4.69) is 10.3 Å². The molecule has 0 aliphatic rings. The van der Waals surface area contributed by atoms with Gasteiger partial charge in [0.15, 0.2) is 5.16 Å². The maximum absolute atomic E-state index is 14.0. The first-order valence-electron chi connectivity index (χ1n) is 10.7. The normalized spacial score (nSPS) is 10.8. The SMILES string of the molecule is Cc1nc(SCCCCC(=O)NCc2ccccc2)n(C)c(=O)c1Cc1ccccc1F. The van der Waals surface area contributed by atoms with Crippen molar-refractivity contribution in [1.82, 2.24) is 14.9 Å². The van der Waals surface area contributed by atoms with Crippen LogP contribution in [0.3, 0.4) is 0 Å². The number of halogens is 1. The average molecular weight is 454 g/mol. The van der Waals surface area contributed by atoms with E-state index in [1.54, 1.807) is 32.2 Å². The molecule has 0 radical (unpaired) electrons. The smallest absolute Gasteiger partial charge is 0.257 e. The molecule has 0 saturated carbocycles. The summed E-state index contributed by atoms with van der Waals surface area (Å²) >= 11 is 1.50. The second-order valence-corrected chi connectivity index (χ2v) is 8.72. The molecule has 0 unspecified atom stereocenters. The van der Waals surface area contributed by atoms with Crippen molar-refractivity contribution in [3.05, 3.63) is 93.2 Å². The highest BCUT2D eigenvalue weighted by Crippen LogP contribution is 2.19. The van der Waals surface area contributed by atoms with Crippen LogP contribution in [0.1, 0.15) is 41.6 Å². The number of nitrogens with zero attached hydrogens (tertiary/aromatic N) is 2. The largest absolute Gasteiger partial charge is 0.352 e. The molecular formula is C25H28FN3O2S. The number of carbonyl (C=O) groups is 1. The van der Waals surface area contributed by atoms with Crippen LogP contribution in [0.5, 0.6) is 0 Å². The summed E-state index contributed by atoms with van der Waals surface area (Å²) in [6.45, 7) is 2.33. The lowest BCUT2D eigenvalue weighted by molar-refractivity contribution is -0.121. The quantitative estimate of drug-likeness (QED) is 0.281. The number of nitrogens with one attached hydrogen (secondary N) is 1. The molecule has 0 fully saturated rings. The summed E-state index contributed by atoms with van der Waals surface area (Å²) in [6.07, 6.45) is 2.31. The summed E-state index contributed by atoms with van der Waals surface area (Å²) in [6, 6.07) is 16.3. The summed E-state index contributed by atoms with van der Waals surface area (Å²) in [5.74, 6) is 0.483. The number of benzene rings is 2. The van der Waals surface area contributed by atoms with Crippen molar-refractivity contribution in [1.29, 1.82) is 0 Å². The van der Waals surface area contributed by atoms with Crippen LogP contribution in [-0.4, -0.2) is 21.2 Å². The molecule has 32 heavy (non-hydrogen) atoms. The molecule has 3 aromatic rings. The van der Waals surface area contributed by atoms with Gasteiger partial charge in [-0.3, -0.25) is 14.2 Å². The molecule has 0 aliphatic heterocycles. The molecule has 1 N–H and O–H groups in total. The van der Waals surface area contributed by atoms with Gasteiger partial charge in [0.05, 0.1) is 0 Å². The first-order valence-corrected chi connectivity index (χ1v) is 11.7. The summed E-state index contributed by atoms with van der Waals surface area (Å²) in [7, 11) is 1.69. The first kappa shape index (κ1) is 23.7. The van der Waals surface area contributed by atoms with Gasteiger partial charge in [-0.05, 0) is 37.0 Å². The van der Waals surface area contributed by atoms with E-state index in [-0.39, 0.29) is 23.7 Å². The zero-order valence-electron chi connectivity index (χ0n) is 18.4. The summed E-state index contributed by atoms with van der Waals surface area (Å²) in [4.78, 5) is 29.4.